The Morgan fingerprint density at radius 2 is 2.14 bits per heavy atom. The lowest BCUT2D eigenvalue weighted by Crippen LogP contribution is -2.37. The number of aliphatic hydroxyl groups excluding tert-OH is 1. The van der Waals surface area contributed by atoms with Gasteiger partial charge in [-0.05, 0) is 6.92 Å². The van der Waals surface area contributed by atoms with Crippen LogP contribution in [-0.2, 0) is 0 Å². The number of hydrogen-bond donors (Lipinski definition) is 3. The van der Waals surface area contributed by atoms with E-state index in [0.29, 0.717) is 17.6 Å². The molecule has 21 heavy (non-hydrogen) atoms. The smallest absolute Gasteiger partial charge is 0.395 e. The lowest BCUT2D eigenvalue weighted by atomic mass is 10.3. The Labute approximate surface area is 118 Å². The number of nitrogens with zero attached hydrogens (tertiary/aromatic N) is 4. The standard InChI is InChI=1S/C11H15F3N6O/c1-2-15-10-17-8-7(5-16-19-8)9(18-10)20(3-4-21)6-11(12,13)14/h5,21H,2-4,6H2,1H3,(H2,15,16,17,18,19). The van der Waals surface area contributed by atoms with E-state index in [0.717, 1.165) is 4.90 Å². The van der Waals surface area contributed by atoms with Crippen LogP contribution in [-0.4, -0.2) is 57.7 Å². The summed E-state index contributed by atoms with van der Waals surface area (Å²) < 4.78 is 38.1. The van der Waals surface area contributed by atoms with E-state index in [1.54, 1.807) is 0 Å². The molecule has 0 aliphatic carbocycles. The average Bonchev–Trinajstić information content (AvgIpc) is 2.84. The third kappa shape index (κ3) is 3.72. The van der Waals surface area contributed by atoms with Gasteiger partial charge in [-0.15, -0.1) is 0 Å². The Morgan fingerprint density at radius 3 is 2.76 bits per heavy atom. The largest absolute Gasteiger partial charge is 0.405 e. The Balaban J connectivity index is 2.46. The molecule has 0 atom stereocenters. The molecule has 0 bridgehead atoms. The van der Waals surface area contributed by atoms with Gasteiger partial charge in [-0.1, -0.05) is 0 Å². The quantitative estimate of drug-likeness (QED) is 0.741. The summed E-state index contributed by atoms with van der Waals surface area (Å²) in [5.41, 5.74) is 0.334. The molecule has 0 radical (unpaired) electrons. The lowest BCUT2D eigenvalue weighted by molar-refractivity contribution is -0.119. The minimum absolute atomic E-state index is 0.0797. The van der Waals surface area contributed by atoms with Gasteiger partial charge in [-0.2, -0.15) is 28.2 Å². The molecular formula is C11H15F3N6O. The van der Waals surface area contributed by atoms with Crippen LogP contribution in [0, 0.1) is 0 Å². The van der Waals surface area contributed by atoms with Gasteiger partial charge < -0.3 is 15.3 Å². The Morgan fingerprint density at radius 1 is 1.38 bits per heavy atom. The molecule has 3 N–H and O–H groups in total. The molecule has 2 aromatic heterocycles. The van der Waals surface area contributed by atoms with Crippen LogP contribution in [0.3, 0.4) is 0 Å². The van der Waals surface area contributed by atoms with Crippen LogP contribution < -0.4 is 10.2 Å². The fourth-order valence-corrected chi connectivity index (χ4v) is 1.89. The van der Waals surface area contributed by atoms with Crippen LogP contribution in [0.4, 0.5) is 24.9 Å². The van der Waals surface area contributed by atoms with E-state index >= 15 is 0 Å². The highest BCUT2D eigenvalue weighted by Gasteiger charge is 2.32. The molecule has 0 aromatic carbocycles. The number of anilines is 2. The summed E-state index contributed by atoms with van der Waals surface area (Å²) in [7, 11) is 0. The number of nitrogens with one attached hydrogen (secondary N) is 2. The van der Waals surface area contributed by atoms with Crippen molar-refractivity contribution in [1.29, 1.82) is 0 Å². The third-order valence-electron chi connectivity index (χ3n) is 2.66. The normalized spacial score (nSPS) is 11.9. The number of halogens is 3. The predicted octanol–water partition coefficient (Wildman–Crippen LogP) is 1.15. The van der Waals surface area contributed by atoms with Gasteiger partial charge >= 0.3 is 6.18 Å². The fourth-order valence-electron chi connectivity index (χ4n) is 1.89. The van der Waals surface area contributed by atoms with Gasteiger partial charge in [0.05, 0.1) is 18.2 Å². The van der Waals surface area contributed by atoms with Crippen molar-refractivity contribution >= 4 is 22.8 Å². The van der Waals surface area contributed by atoms with Gasteiger partial charge in [0.2, 0.25) is 5.95 Å². The van der Waals surface area contributed by atoms with E-state index in [4.69, 9.17) is 5.11 Å². The molecule has 10 heteroatoms. The number of H-pyrrole nitrogens is 1. The Bertz CT molecular complexity index is 599. The van der Waals surface area contributed by atoms with Crippen molar-refractivity contribution in [2.45, 2.75) is 13.1 Å². The first-order valence-corrected chi connectivity index (χ1v) is 6.32. The maximum absolute atomic E-state index is 12.7. The molecule has 2 rings (SSSR count). The number of aromatic amines is 1. The zero-order chi connectivity index (χ0) is 15.5. The maximum atomic E-state index is 12.7. The van der Waals surface area contributed by atoms with Crippen molar-refractivity contribution in [3.8, 4) is 0 Å². The van der Waals surface area contributed by atoms with Crippen LogP contribution in [0.1, 0.15) is 6.92 Å². The highest BCUT2D eigenvalue weighted by molar-refractivity contribution is 5.87. The van der Waals surface area contributed by atoms with E-state index < -0.39 is 19.3 Å². The van der Waals surface area contributed by atoms with Gasteiger partial charge in [0, 0.05) is 13.1 Å². The van der Waals surface area contributed by atoms with E-state index in [-0.39, 0.29) is 18.3 Å². The van der Waals surface area contributed by atoms with Crippen LogP contribution in [0.25, 0.3) is 11.0 Å². The van der Waals surface area contributed by atoms with Gasteiger partial charge in [0.25, 0.3) is 0 Å². The molecule has 0 unspecified atom stereocenters. The first kappa shape index (κ1) is 15.3. The van der Waals surface area contributed by atoms with Crippen molar-refractivity contribution in [3.05, 3.63) is 6.20 Å². The highest BCUT2D eigenvalue weighted by Crippen LogP contribution is 2.27. The molecular weight excluding hydrogens is 289 g/mol. The van der Waals surface area contributed by atoms with Crippen LogP contribution in [0.2, 0.25) is 0 Å². The molecule has 0 saturated heterocycles. The molecule has 0 aliphatic rings. The maximum Gasteiger partial charge on any atom is 0.405 e. The van der Waals surface area contributed by atoms with Gasteiger partial charge in [-0.3, -0.25) is 5.10 Å². The first-order valence-electron chi connectivity index (χ1n) is 6.32. The molecule has 116 valence electrons. The van der Waals surface area contributed by atoms with Crippen LogP contribution in [0.5, 0.6) is 0 Å². The summed E-state index contributed by atoms with van der Waals surface area (Å²) in [6.07, 6.45) is -3.05. The van der Waals surface area contributed by atoms with Crippen LogP contribution >= 0.6 is 0 Å². The third-order valence-corrected chi connectivity index (χ3v) is 2.66. The molecule has 0 fully saturated rings. The zero-order valence-electron chi connectivity index (χ0n) is 11.3. The first-order chi connectivity index (χ1) is 9.94. The lowest BCUT2D eigenvalue weighted by Gasteiger charge is -2.24. The van der Waals surface area contributed by atoms with Crippen LogP contribution in [0.15, 0.2) is 6.20 Å². The van der Waals surface area contributed by atoms with E-state index in [9.17, 15) is 13.2 Å². The zero-order valence-corrected chi connectivity index (χ0v) is 11.3. The summed E-state index contributed by atoms with van der Waals surface area (Å²) >= 11 is 0. The fraction of sp³-hybridized carbons (Fsp3) is 0.545. The number of alkyl halides is 3. The topological polar surface area (TPSA) is 90.0 Å². The second kappa shape index (κ2) is 6.12. The summed E-state index contributed by atoms with van der Waals surface area (Å²) in [5.74, 6) is 0.283. The summed E-state index contributed by atoms with van der Waals surface area (Å²) in [6.45, 7) is 0.522. The van der Waals surface area contributed by atoms with Crippen molar-refractivity contribution in [2.24, 2.45) is 0 Å². The van der Waals surface area contributed by atoms with Gasteiger partial charge in [-0.25, -0.2) is 0 Å². The van der Waals surface area contributed by atoms with Gasteiger partial charge in [0.15, 0.2) is 5.65 Å². The molecule has 0 saturated carbocycles. The van der Waals surface area contributed by atoms with E-state index in [2.05, 4.69) is 25.5 Å². The minimum atomic E-state index is -4.41. The number of rotatable bonds is 6. The SMILES string of the molecule is CCNc1nc(N(CCO)CC(F)(F)F)c2cn[nH]c2n1. The monoisotopic (exact) mass is 304 g/mol. The summed E-state index contributed by atoms with van der Waals surface area (Å²) in [5, 5.41) is 18.6. The number of aliphatic hydroxyl groups is 1. The van der Waals surface area contributed by atoms with E-state index in [1.807, 2.05) is 6.92 Å². The van der Waals surface area contributed by atoms with Crippen molar-refractivity contribution in [3.63, 3.8) is 0 Å². The van der Waals surface area contributed by atoms with Gasteiger partial charge in [0.1, 0.15) is 12.4 Å². The molecule has 0 spiro atoms. The van der Waals surface area contributed by atoms with Crippen molar-refractivity contribution < 1.29 is 18.3 Å². The number of aromatic nitrogens is 4. The second-order valence-electron chi connectivity index (χ2n) is 4.29. The average molecular weight is 304 g/mol. The molecule has 2 aromatic rings. The summed E-state index contributed by atoms with van der Waals surface area (Å²) in [6, 6.07) is 0. The molecule has 0 amide bonds. The Hall–Kier alpha value is -2.10. The van der Waals surface area contributed by atoms with E-state index in [1.165, 1.54) is 6.20 Å². The molecule has 7 nitrogen and oxygen atoms in total. The second-order valence-corrected chi connectivity index (χ2v) is 4.29. The minimum Gasteiger partial charge on any atom is -0.395 e. The highest BCUT2D eigenvalue weighted by atomic mass is 19.4. The predicted molar refractivity (Wildman–Crippen MR) is 71.2 cm³/mol. The van der Waals surface area contributed by atoms with Crippen molar-refractivity contribution in [1.82, 2.24) is 20.2 Å². The summed E-state index contributed by atoms with van der Waals surface area (Å²) in [4.78, 5) is 9.17. The number of fused-ring (bicyclic) bond motifs is 1. The Kier molecular flexibility index (Phi) is 4.46. The molecule has 0 aliphatic heterocycles. The molecule has 2 heterocycles. The van der Waals surface area contributed by atoms with Crippen molar-refractivity contribution in [2.75, 3.05) is 36.5 Å². The number of hydrogen-bond acceptors (Lipinski definition) is 6.